The number of fused-ring (bicyclic) bond motifs is 2. The summed E-state index contributed by atoms with van der Waals surface area (Å²) in [6.45, 7) is 1.14. The fraction of sp³-hybridized carbons (Fsp3) is 0.250. The molecule has 1 amide bonds. The summed E-state index contributed by atoms with van der Waals surface area (Å²) in [5, 5.41) is 20.5. The molecule has 6 heteroatoms. The number of anilines is 1. The molecule has 0 bridgehead atoms. The lowest BCUT2D eigenvalue weighted by molar-refractivity contribution is -0.125. The van der Waals surface area contributed by atoms with Crippen molar-refractivity contribution in [1.29, 1.82) is 5.26 Å². The lowest BCUT2D eigenvalue weighted by Crippen LogP contribution is -2.43. The van der Waals surface area contributed by atoms with Gasteiger partial charge in [-0.05, 0) is 47.7 Å². The second-order valence-electron chi connectivity index (χ2n) is 7.19. The number of hydrogen-bond donors (Lipinski definition) is 2. The molecule has 3 aromatic rings. The summed E-state index contributed by atoms with van der Waals surface area (Å²) in [6.07, 6.45) is 5.40. The van der Waals surface area contributed by atoms with Gasteiger partial charge in [-0.25, -0.2) is 0 Å². The average molecular weight is 343 g/mol. The minimum Gasteiger partial charge on any atom is -0.325 e. The van der Waals surface area contributed by atoms with Gasteiger partial charge in [0.25, 0.3) is 0 Å². The van der Waals surface area contributed by atoms with Crippen molar-refractivity contribution in [2.45, 2.75) is 12.8 Å². The van der Waals surface area contributed by atoms with Gasteiger partial charge >= 0.3 is 0 Å². The molecule has 1 atom stereocenters. The Morgan fingerprint density at radius 3 is 3.04 bits per heavy atom. The summed E-state index contributed by atoms with van der Waals surface area (Å²) in [4.78, 5) is 14.4. The molecule has 2 N–H and O–H groups in total. The monoisotopic (exact) mass is 343 g/mol. The molecule has 0 radical (unpaired) electrons. The van der Waals surface area contributed by atoms with Gasteiger partial charge in [0.15, 0.2) is 6.19 Å². The summed E-state index contributed by atoms with van der Waals surface area (Å²) in [5.74, 6) is 0.0347. The van der Waals surface area contributed by atoms with Crippen LogP contribution in [0.3, 0.4) is 0 Å². The molecule has 3 heterocycles. The van der Waals surface area contributed by atoms with Crippen LogP contribution in [0.4, 0.5) is 5.69 Å². The number of likely N-dealkylation sites (tertiary alicyclic amines) is 1. The second-order valence-corrected chi connectivity index (χ2v) is 7.19. The molecule has 1 aromatic heterocycles. The molecule has 2 aliphatic heterocycles. The second kappa shape index (κ2) is 5.33. The molecule has 0 unspecified atom stereocenters. The number of benzene rings is 2. The predicted octanol–water partition coefficient (Wildman–Crippen LogP) is 2.90. The molecule has 2 aromatic carbocycles. The molecule has 2 aliphatic rings. The number of amides is 1. The third kappa shape index (κ3) is 2.10. The van der Waals surface area contributed by atoms with E-state index in [2.05, 4.69) is 33.8 Å². The van der Waals surface area contributed by atoms with E-state index in [0.29, 0.717) is 25.9 Å². The molecule has 26 heavy (non-hydrogen) atoms. The molecule has 0 saturated carbocycles. The van der Waals surface area contributed by atoms with Crippen molar-refractivity contribution in [3.63, 3.8) is 0 Å². The molecule has 1 fully saturated rings. The van der Waals surface area contributed by atoms with E-state index < -0.39 is 5.41 Å². The smallest absolute Gasteiger partial charge is 0.232 e. The van der Waals surface area contributed by atoms with E-state index in [4.69, 9.17) is 5.26 Å². The predicted molar refractivity (Wildman–Crippen MR) is 98.1 cm³/mol. The Labute approximate surface area is 150 Å². The van der Waals surface area contributed by atoms with E-state index in [1.165, 1.54) is 0 Å². The molecular weight excluding hydrogens is 326 g/mol. The molecule has 6 nitrogen and oxygen atoms in total. The Kier molecular flexibility index (Phi) is 3.07. The summed E-state index contributed by atoms with van der Waals surface area (Å²) in [5.41, 5.74) is 4.74. The molecule has 5 rings (SSSR count). The highest BCUT2D eigenvalue weighted by molar-refractivity contribution is 6.00. The normalized spacial score (nSPS) is 21.7. The lowest BCUT2D eigenvalue weighted by Gasteiger charge is -2.33. The van der Waals surface area contributed by atoms with Crippen LogP contribution < -0.4 is 5.32 Å². The number of aromatic amines is 1. The van der Waals surface area contributed by atoms with E-state index in [-0.39, 0.29) is 5.91 Å². The number of hydrogen-bond acceptors (Lipinski definition) is 4. The van der Waals surface area contributed by atoms with Gasteiger partial charge in [0, 0.05) is 24.2 Å². The fourth-order valence-corrected chi connectivity index (χ4v) is 4.24. The maximum Gasteiger partial charge on any atom is 0.232 e. The van der Waals surface area contributed by atoms with Crippen LogP contribution in [0.2, 0.25) is 0 Å². The zero-order chi connectivity index (χ0) is 17.7. The SMILES string of the molecule is N#CN1CC[C@]2(Cc3cc(-c4cccc5[nH]ncc45)ccc3NC2=O)C1. The number of rotatable bonds is 1. The Balaban J connectivity index is 1.57. The van der Waals surface area contributed by atoms with Gasteiger partial charge in [0.1, 0.15) is 0 Å². The van der Waals surface area contributed by atoms with Gasteiger partial charge in [-0.1, -0.05) is 18.2 Å². The summed E-state index contributed by atoms with van der Waals surface area (Å²) in [6, 6.07) is 12.3. The van der Waals surface area contributed by atoms with Gasteiger partial charge in [-0.15, -0.1) is 0 Å². The molecular formula is C20H17N5O. The molecule has 0 aliphatic carbocycles. The molecule has 1 saturated heterocycles. The van der Waals surface area contributed by atoms with Gasteiger partial charge in [-0.3, -0.25) is 9.89 Å². The van der Waals surface area contributed by atoms with Crippen LogP contribution in [0.25, 0.3) is 22.0 Å². The third-order valence-corrected chi connectivity index (χ3v) is 5.65. The van der Waals surface area contributed by atoms with Crippen molar-refractivity contribution in [2.24, 2.45) is 5.41 Å². The van der Waals surface area contributed by atoms with Crippen LogP contribution in [0.1, 0.15) is 12.0 Å². The Morgan fingerprint density at radius 1 is 1.27 bits per heavy atom. The topological polar surface area (TPSA) is 84.8 Å². The van der Waals surface area contributed by atoms with Crippen molar-refractivity contribution >= 4 is 22.5 Å². The minimum atomic E-state index is -0.497. The zero-order valence-electron chi connectivity index (χ0n) is 14.1. The number of nitrogens with zero attached hydrogens (tertiary/aromatic N) is 3. The van der Waals surface area contributed by atoms with Crippen molar-refractivity contribution < 1.29 is 4.79 Å². The first kappa shape index (κ1) is 15.0. The number of carbonyl (C=O) groups excluding carboxylic acids is 1. The van der Waals surface area contributed by atoms with E-state index in [0.717, 1.165) is 33.3 Å². The first-order valence-electron chi connectivity index (χ1n) is 8.70. The first-order chi connectivity index (χ1) is 12.7. The van der Waals surface area contributed by atoms with Crippen LogP contribution >= 0.6 is 0 Å². The van der Waals surface area contributed by atoms with Crippen molar-refractivity contribution in [3.8, 4) is 17.3 Å². The fourth-order valence-electron chi connectivity index (χ4n) is 4.24. The Hall–Kier alpha value is -3.33. The van der Waals surface area contributed by atoms with Crippen LogP contribution in [-0.2, 0) is 11.2 Å². The van der Waals surface area contributed by atoms with E-state index in [1.807, 2.05) is 30.5 Å². The minimum absolute atomic E-state index is 0.0347. The maximum absolute atomic E-state index is 12.7. The molecule has 1 spiro atoms. The van der Waals surface area contributed by atoms with Crippen LogP contribution in [-0.4, -0.2) is 34.1 Å². The van der Waals surface area contributed by atoms with Gasteiger partial charge in [-0.2, -0.15) is 10.4 Å². The van der Waals surface area contributed by atoms with Crippen LogP contribution in [0, 0.1) is 16.9 Å². The van der Waals surface area contributed by atoms with Crippen molar-refractivity contribution in [3.05, 3.63) is 48.2 Å². The van der Waals surface area contributed by atoms with Gasteiger partial charge < -0.3 is 10.2 Å². The number of carbonyl (C=O) groups is 1. The lowest BCUT2D eigenvalue weighted by atomic mass is 9.76. The van der Waals surface area contributed by atoms with Crippen LogP contribution in [0.5, 0.6) is 0 Å². The van der Waals surface area contributed by atoms with Gasteiger partial charge in [0.05, 0.1) is 17.1 Å². The van der Waals surface area contributed by atoms with Crippen molar-refractivity contribution in [1.82, 2.24) is 15.1 Å². The maximum atomic E-state index is 12.7. The highest BCUT2D eigenvalue weighted by Crippen LogP contribution is 2.42. The van der Waals surface area contributed by atoms with E-state index in [9.17, 15) is 4.79 Å². The van der Waals surface area contributed by atoms with Crippen LogP contribution in [0.15, 0.2) is 42.6 Å². The number of nitrogens with one attached hydrogen (secondary N) is 2. The highest BCUT2D eigenvalue weighted by atomic mass is 16.2. The summed E-state index contributed by atoms with van der Waals surface area (Å²) >= 11 is 0. The average Bonchev–Trinajstić information content (AvgIpc) is 3.29. The van der Waals surface area contributed by atoms with E-state index >= 15 is 0 Å². The zero-order valence-corrected chi connectivity index (χ0v) is 14.1. The largest absolute Gasteiger partial charge is 0.325 e. The standard InChI is InChI=1S/C20H17N5O/c21-12-25-7-6-20(11-25)9-14-8-13(4-5-17(14)23-19(20)26)15-2-1-3-18-16(15)10-22-24-18/h1-5,8,10H,6-7,9,11H2,(H,22,24)(H,23,26)/t20-/m0/s1. The Morgan fingerprint density at radius 2 is 2.19 bits per heavy atom. The highest BCUT2D eigenvalue weighted by Gasteiger charge is 2.47. The number of H-pyrrole nitrogens is 1. The van der Waals surface area contributed by atoms with E-state index in [1.54, 1.807) is 4.90 Å². The number of aromatic nitrogens is 2. The third-order valence-electron chi connectivity index (χ3n) is 5.65. The Bertz CT molecular complexity index is 1080. The van der Waals surface area contributed by atoms with Gasteiger partial charge in [0.2, 0.25) is 5.91 Å². The quantitative estimate of drug-likeness (QED) is 0.665. The number of nitriles is 1. The molecule has 128 valence electrons. The van der Waals surface area contributed by atoms with Crippen molar-refractivity contribution in [2.75, 3.05) is 18.4 Å². The first-order valence-corrected chi connectivity index (χ1v) is 8.70. The summed E-state index contributed by atoms with van der Waals surface area (Å²) < 4.78 is 0. The summed E-state index contributed by atoms with van der Waals surface area (Å²) in [7, 11) is 0.